The summed E-state index contributed by atoms with van der Waals surface area (Å²) >= 11 is 0. The molecule has 0 unspecified atom stereocenters. The van der Waals surface area contributed by atoms with Crippen LogP contribution in [0.3, 0.4) is 0 Å². The molecule has 0 bridgehead atoms. The molecular formula is C4H12N2O4S. The van der Waals surface area contributed by atoms with Gasteiger partial charge in [-0.3, -0.25) is 0 Å². The summed E-state index contributed by atoms with van der Waals surface area (Å²) in [6, 6.07) is 0. The molecule has 11 heavy (non-hydrogen) atoms. The first kappa shape index (κ1) is 10.8. The second kappa shape index (κ2) is 5.44. The molecule has 0 aromatic carbocycles. The van der Waals surface area contributed by atoms with Crippen molar-refractivity contribution in [3.05, 3.63) is 0 Å². The summed E-state index contributed by atoms with van der Waals surface area (Å²) in [4.78, 5) is 0. The maximum absolute atomic E-state index is 10.6. The molecule has 0 aliphatic carbocycles. The standard InChI is InChI=1S/C4H12N2O4S/c5-1-2-6-10-11(8,9)4-3-7/h6-7H,1-5H2. The van der Waals surface area contributed by atoms with E-state index in [1.807, 2.05) is 0 Å². The molecule has 7 heteroatoms. The highest BCUT2D eigenvalue weighted by Crippen LogP contribution is 1.87. The Kier molecular flexibility index (Phi) is 5.34. The van der Waals surface area contributed by atoms with Crippen molar-refractivity contribution in [2.24, 2.45) is 5.73 Å². The smallest absolute Gasteiger partial charge is 0.285 e. The molecule has 0 heterocycles. The highest BCUT2D eigenvalue weighted by molar-refractivity contribution is 7.86. The Morgan fingerprint density at radius 2 is 2.18 bits per heavy atom. The first-order valence-corrected chi connectivity index (χ1v) is 4.65. The first-order valence-electron chi connectivity index (χ1n) is 3.07. The van der Waals surface area contributed by atoms with Gasteiger partial charge in [-0.1, -0.05) is 0 Å². The van der Waals surface area contributed by atoms with E-state index in [1.54, 1.807) is 0 Å². The van der Waals surface area contributed by atoms with Crippen molar-refractivity contribution in [3.63, 3.8) is 0 Å². The van der Waals surface area contributed by atoms with Gasteiger partial charge in [-0.05, 0) is 0 Å². The fraction of sp³-hybridized carbons (Fsp3) is 1.00. The van der Waals surface area contributed by atoms with Crippen LogP contribution in [0.25, 0.3) is 0 Å². The summed E-state index contributed by atoms with van der Waals surface area (Å²) in [6.07, 6.45) is 0. The molecule has 0 rings (SSSR count). The Bertz CT molecular complexity index is 179. The lowest BCUT2D eigenvalue weighted by Gasteiger charge is -2.02. The molecule has 0 saturated heterocycles. The van der Waals surface area contributed by atoms with Gasteiger partial charge in [-0.25, -0.2) is 0 Å². The molecule has 0 atom stereocenters. The number of nitrogens with one attached hydrogen (secondary N) is 1. The highest BCUT2D eigenvalue weighted by Gasteiger charge is 2.08. The molecule has 0 aliphatic heterocycles. The molecule has 68 valence electrons. The number of aliphatic hydroxyl groups is 1. The van der Waals surface area contributed by atoms with Crippen LogP contribution in [-0.4, -0.2) is 39.0 Å². The van der Waals surface area contributed by atoms with Crippen molar-refractivity contribution in [1.82, 2.24) is 5.48 Å². The topological polar surface area (TPSA) is 102 Å². The molecule has 0 fully saturated rings. The average Bonchev–Trinajstić information content (AvgIpc) is 1.87. The third-order valence-corrected chi connectivity index (χ3v) is 1.83. The molecule has 0 amide bonds. The monoisotopic (exact) mass is 184 g/mol. The van der Waals surface area contributed by atoms with Crippen LogP contribution < -0.4 is 11.2 Å². The average molecular weight is 184 g/mol. The molecule has 0 radical (unpaired) electrons. The quantitative estimate of drug-likeness (QED) is 0.319. The van der Waals surface area contributed by atoms with Crippen LogP contribution in [-0.2, 0) is 14.4 Å². The van der Waals surface area contributed by atoms with Gasteiger partial charge in [0.2, 0.25) is 0 Å². The maximum Gasteiger partial charge on any atom is 0.285 e. The summed E-state index contributed by atoms with van der Waals surface area (Å²) in [5.41, 5.74) is 7.18. The fourth-order valence-corrected chi connectivity index (χ4v) is 0.914. The van der Waals surface area contributed by atoms with E-state index in [0.717, 1.165) is 0 Å². The lowest BCUT2D eigenvalue weighted by atomic mass is 10.7. The van der Waals surface area contributed by atoms with E-state index >= 15 is 0 Å². The number of hydrogen-bond acceptors (Lipinski definition) is 6. The minimum Gasteiger partial charge on any atom is -0.395 e. The Labute approximate surface area is 65.4 Å². The minimum absolute atomic E-state index is 0.255. The lowest BCUT2D eigenvalue weighted by Crippen LogP contribution is -2.27. The van der Waals surface area contributed by atoms with Crippen LogP contribution in [0.2, 0.25) is 0 Å². The second-order valence-corrected chi connectivity index (χ2v) is 3.44. The van der Waals surface area contributed by atoms with Crippen LogP contribution in [0.1, 0.15) is 0 Å². The van der Waals surface area contributed by atoms with Crippen molar-refractivity contribution >= 4 is 10.1 Å². The summed E-state index contributed by atoms with van der Waals surface area (Å²) in [6.45, 7) is 0.0892. The second-order valence-electron chi connectivity index (χ2n) is 1.75. The van der Waals surface area contributed by atoms with Gasteiger partial charge in [0.1, 0.15) is 5.75 Å². The van der Waals surface area contributed by atoms with E-state index in [-0.39, 0.29) is 13.1 Å². The SMILES string of the molecule is NCCNOS(=O)(=O)CCO. The van der Waals surface area contributed by atoms with Gasteiger partial charge < -0.3 is 10.8 Å². The van der Waals surface area contributed by atoms with Crippen molar-refractivity contribution in [3.8, 4) is 0 Å². The van der Waals surface area contributed by atoms with Gasteiger partial charge in [0.25, 0.3) is 10.1 Å². The Morgan fingerprint density at radius 1 is 1.55 bits per heavy atom. The molecule has 0 saturated carbocycles. The van der Waals surface area contributed by atoms with Crippen molar-refractivity contribution < 1.29 is 17.8 Å². The number of rotatable bonds is 6. The maximum atomic E-state index is 10.6. The van der Waals surface area contributed by atoms with Gasteiger partial charge >= 0.3 is 0 Å². The molecule has 0 spiro atoms. The van der Waals surface area contributed by atoms with Gasteiger partial charge in [0.05, 0.1) is 6.61 Å². The predicted octanol–water partition coefficient (Wildman–Crippen LogP) is -2.21. The van der Waals surface area contributed by atoms with Crippen LogP contribution in [0, 0.1) is 0 Å². The van der Waals surface area contributed by atoms with Crippen molar-refractivity contribution in [1.29, 1.82) is 0 Å². The fourth-order valence-electron chi connectivity index (χ4n) is 0.344. The van der Waals surface area contributed by atoms with Crippen molar-refractivity contribution in [2.45, 2.75) is 0 Å². The Balaban J connectivity index is 3.56. The zero-order valence-electron chi connectivity index (χ0n) is 5.99. The van der Waals surface area contributed by atoms with Gasteiger partial charge in [-0.15, -0.1) is 0 Å². The summed E-state index contributed by atoms with van der Waals surface area (Å²) in [5, 5.41) is 8.25. The predicted molar refractivity (Wildman–Crippen MR) is 39.0 cm³/mol. The summed E-state index contributed by atoms with van der Waals surface area (Å²) in [7, 11) is -3.62. The zero-order chi connectivity index (χ0) is 8.74. The van der Waals surface area contributed by atoms with Gasteiger partial charge in [0.15, 0.2) is 0 Å². The molecule has 0 aromatic rings. The van der Waals surface area contributed by atoms with E-state index in [2.05, 4.69) is 9.76 Å². The van der Waals surface area contributed by atoms with E-state index < -0.39 is 22.5 Å². The summed E-state index contributed by atoms with van der Waals surface area (Å²) in [5.74, 6) is -0.412. The van der Waals surface area contributed by atoms with E-state index in [0.29, 0.717) is 0 Å². The van der Waals surface area contributed by atoms with Crippen LogP contribution in [0.4, 0.5) is 0 Å². The van der Waals surface area contributed by atoms with E-state index in [9.17, 15) is 8.42 Å². The largest absolute Gasteiger partial charge is 0.395 e. The Hall–Kier alpha value is -0.210. The van der Waals surface area contributed by atoms with Gasteiger partial charge in [0, 0.05) is 13.1 Å². The number of hydrogen-bond donors (Lipinski definition) is 3. The van der Waals surface area contributed by atoms with Crippen molar-refractivity contribution in [2.75, 3.05) is 25.4 Å². The zero-order valence-corrected chi connectivity index (χ0v) is 6.80. The van der Waals surface area contributed by atoms with Crippen LogP contribution in [0.15, 0.2) is 0 Å². The third kappa shape index (κ3) is 6.20. The molecule has 4 N–H and O–H groups in total. The van der Waals surface area contributed by atoms with Crippen LogP contribution in [0.5, 0.6) is 0 Å². The van der Waals surface area contributed by atoms with E-state index in [4.69, 9.17) is 10.8 Å². The number of nitrogens with two attached hydrogens (primary N) is 1. The molecule has 0 aliphatic rings. The normalized spacial score (nSPS) is 11.8. The number of hydroxylamine groups is 1. The highest BCUT2D eigenvalue weighted by atomic mass is 32.2. The molecule has 0 aromatic heterocycles. The van der Waals surface area contributed by atoms with Crippen LogP contribution >= 0.6 is 0 Å². The molecular weight excluding hydrogens is 172 g/mol. The number of aliphatic hydroxyl groups excluding tert-OH is 1. The summed E-state index contributed by atoms with van der Waals surface area (Å²) < 4.78 is 25.4. The Morgan fingerprint density at radius 3 is 2.64 bits per heavy atom. The third-order valence-electron chi connectivity index (χ3n) is 0.774. The lowest BCUT2D eigenvalue weighted by molar-refractivity contribution is 0.203. The van der Waals surface area contributed by atoms with E-state index in [1.165, 1.54) is 0 Å². The van der Waals surface area contributed by atoms with Gasteiger partial charge in [-0.2, -0.15) is 18.2 Å². The minimum atomic E-state index is -3.62. The molecule has 6 nitrogen and oxygen atoms in total. The first-order chi connectivity index (χ1) is 5.12.